The van der Waals surface area contributed by atoms with Crippen LogP contribution >= 0.6 is 11.6 Å². The Labute approximate surface area is 140 Å². The molecule has 0 spiro atoms. The van der Waals surface area contributed by atoms with Crippen molar-refractivity contribution in [1.29, 1.82) is 0 Å². The van der Waals surface area contributed by atoms with E-state index in [1.54, 1.807) is 36.7 Å². The van der Waals surface area contributed by atoms with Gasteiger partial charge in [0.2, 0.25) is 11.8 Å². The molecule has 0 aliphatic rings. The van der Waals surface area contributed by atoms with Gasteiger partial charge < -0.3 is 10.2 Å². The van der Waals surface area contributed by atoms with Gasteiger partial charge in [0.15, 0.2) is 0 Å². The Morgan fingerprint density at radius 1 is 1.26 bits per heavy atom. The lowest BCUT2D eigenvalue weighted by atomic mass is 10.2. The number of hydrogen-bond acceptors (Lipinski definition) is 3. The van der Waals surface area contributed by atoms with Gasteiger partial charge in [-0.25, -0.2) is 0 Å². The molecule has 1 N–H and O–H groups in total. The molecule has 1 aromatic heterocycles. The summed E-state index contributed by atoms with van der Waals surface area (Å²) >= 11 is 6.04. The average Bonchev–Trinajstić information content (AvgIpc) is 2.52. The second kappa shape index (κ2) is 7.74. The molecule has 2 amide bonds. The van der Waals surface area contributed by atoms with Crippen LogP contribution in [0.5, 0.6) is 0 Å². The van der Waals surface area contributed by atoms with Crippen molar-refractivity contribution in [1.82, 2.24) is 9.88 Å². The first kappa shape index (κ1) is 17.0. The Bertz CT molecular complexity index is 704. The molecule has 0 bridgehead atoms. The average molecular weight is 332 g/mol. The van der Waals surface area contributed by atoms with Crippen LogP contribution in [0.2, 0.25) is 5.02 Å². The summed E-state index contributed by atoms with van der Waals surface area (Å²) < 4.78 is 0. The van der Waals surface area contributed by atoms with Gasteiger partial charge in [0.1, 0.15) is 6.54 Å². The minimum absolute atomic E-state index is 0.0316. The number of nitrogens with one attached hydrogen (secondary N) is 1. The third-order valence-corrected chi connectivity index (χ3v) is 3.83. The molecule has 0 unspecified atom stereocenters. The quantitative estimate of drug-likeness (QED) is 0.916. The molecule has 0 saturated carbocycles. The summed E-state index contributed by atoms with van der Waals surface area (Å²) in [5.41, 5.74) is 2.31. The molecule has 0 radical (unpaired) electrons. The van der Waals surface area contributed by atoms with Crippen LogP contribution in [0.4, 0.5) is 5.69 Å². The van der Waals surface area contributed by atoms with E-state index in [0.717, 1.165) is 11.1 Å². The zero-order valence-electron chi connectivity index (χ0n) is 13.0. The van der Waals surface area contributed by atoms with Gasteiger partial charge in [0.25, 0.3) is 0 Å². The fourth-order valence-corrected chi connectivity index (χ4v) is 2.27. The van der Waals surface area contributed by atoms with Gasteiger partial charge in [-0.2, -0.15) is 0 Å². The first-order chi connectivity index (χ1) is 11.0. The highest BCUT2D eigenvalue weighted by atomic mass is 35.5. The summed E-state index contributed by atoms with van der Waals surface area (Å²) in [5.74, 6) is -0.443. The largest absolute Gasteiger partial charge is 0.329 e. The molecule has 5 nitrogen and oxygen atoms in total. The summed E-state index contributed by atoms with van der Waals surface area (Å²) in [7, 11) is 0. The van der Waals surface area contributed by atoms with Gasteiger partial charge >= 0.3 is 0 Å². The summed E-state index contributed by atoms with van der Waals surface area (Å²) in [6, 6.07) is 8.96. The molecule has 1 aromatic carbocycles. The van der Waals surface area contributed by atoms with Crippen molar-refractivity contribution >= 4 is 29.1 Å². The van der Waals surface area contributed by atoms with E-state index in [-0.39, 0.29) is 18.4 Å². The van der Waals surface area contributed by atoms with Gasteiger partial charge in [0, 0.05) is 36.6 Å². The molecular formula is C17H18ClN3O2. The van der Waals surface area contributed by atoms with Crippen molar-refractivity contribution in [2.75, 3.05) is 11.9 Å². The predicted octanol–water partition coefficient (Wildman–Crippen LogP) is 3.03. The minimum atomic E-state index is -0.269. The Morgan fingerprint density at radius 3 is 2.70 bits per heavy atom. The smallest absolute Gasteiger partial charge is 0.244 e. The van der Waals surface area contributed by atoms with Crippen LogP contribution in [0.3, 0.4) is 0 Å². The molecule has 23 heavy (non-hydrogen) atoms. The number of anilines is 1. The van der Waals surface area contributed by atoms with E-state index in [1.165, 1.54) is 11.8 Å². The standard InChI is InChI=1S/C17H18ClN3O2/c1-12-15(18)6-3-7-16(12)20-17(23)11-21(13(2)22)10-14-5-4-8-19-9-14/h3-9H,10-11H2,1-2H3,(H,20,23). The first-order valence-electron chi connectivity index (χ1n) is 7.16. The summed E-state index contributed by atoms with van der Waals surface area (Å²) in [6.45, 7) is 3.58. The van der Waals surface area contributed by atoms with E-state index >= 15 is 0 Å². The predicted molar refractivity (Wildman–Crippen MR) is 90.1 cm³/mol. The zero-order chi connectivity index (χ0) is 16.8. The number of halogens is 1. The number of aromatic nitrogens is 1. The topological polar surface area (TPSA) is 62.3 Å². The number of carbonyl (C=O) groups excluding carboxylic acids is 2. The Balaban J connectivity index is 2.03. The summed E-state index contributed by atoms with van der Waals surface area (Å²) in [4.78, 5) is 29.5. The highest BCUT2D eigenvalue weighted by molar-refractivity contribution is 6.31. The highest BCUT2D eigenvalue weighted by Crippen LogP contribution is 2.22. The first-order valence-corrected chi connectivity index (χ1v) is 7.54. The van der Waals surface area contributed by atoms with Gasteiger partial charge in [-0.05, 0) is 36.2 Å². The third-order valence-electron chi connectivity index (χ3n) is 3.42. The third kappa shape index (κ3) is 4.79. The van der Waals surface area contributed by atoms with Crippen molar-refractivity contribution in [2.45, 2.75) is 20.4 Å². The number of amides is 2. The number of pyridine rings is 1. The van der Waals surface area contributed by atoms with Gasteiger partial charge in [0.05, 0.1) is 0 Å². The van der Waals surface area contributed by atoms with E-state index in [2.05, 4.69) is 10.3 Å². The van der Waals surface area contributed by atoms with E-state index < -0.39 is 0 Å². The summed E-state index contributed by atoms with van der Waals surface area (Å²) in [6.07, 6.45) is 3.34. The molecule has 0 aliphatic carbocycles. The van der Waals surface area contributed by atoms with Crippen LogP contribution < -0.4 is 5.32 Å². The lowest BCUT2D eigenvalue weighted by Gasteiger charge is -2.21. The van der Waals surface area contributed by atoms with Gasteiger partial charge in [-0.15, -0.1) is 0 Å². The number of nitrogens with zero attached hydrogens (tertiary/aromatic N) is 2. The number of hydrogen-bond donors (Lipinski definition) is 1. The van der Waals surface area contributed by atoms with Gasteiger partial charge in [-0.1, -0.05) is 23.7 Å². The number of benzene rings is 1. The highest BCUT2D eigenvalue weighted by Gasteiger charge is 2.15. The van der Waals surface area contributed by atoms with Crippen molar-refractivity contribution in [2.24, 2.45) is 0 Å². The molecule has 1 heterocycles. The van der Waals surface area contributed by atoms with E-state index in [9.17, 15) is 9.59 Å². The van der Waals surface area contributed by atoms with Crippen LogP contribution in [0, 0.1) is 6.92 Å². The fourth-order valence-electron chi connectivity index (χ4n) is 2.10. The van der Waals surface area contributed by atoms with Crippen LogP contribution in [0.25, 0.3) is 0 Å². The normalized spacial score (nSPS) is 10.2. The Morgan fingerprint density at radius 2 is 2.04 bits per heavy atom. The number of rotatable bonds is 5. The lowest BCUT2D eigenvalue weighted by molar-refractivity contribution is -0.133. The molecule has 0 atom stereocenters. The maximum atomic E-state index is 12.2. The van der Waals surface area contributed by atoms with Crippen molar-refractivity contribution in [3.05, 3.63) is 58.9 Å². The molecule has 0 aliphatic heterocycles. The van der Waals surface area contributed by atoms with E-state index in [0.29, 0.717) is 17.3 Å². The van der Waals surface area contributed by atoms with Crippen molar-refractivity contribution in [3.8, 4) is 0 Å². The van der Waals surface area contributed by atoms with Crippen molar-refractivity contribution < 1.29 is 9.59 Å². The minimum Gasteiger partial charge on any atom is -0.329 e. The van der Waals surface area contributed by atoms with Gasteiger partial charge in [-0.3, -0.25) is 14.6 Å². The fraction of sp³-hybridized carbons (Fsp3) is 0.235. The van der Waals surface area contributed by atoms with E-state index in [1.807, 2.05) is 13.0 Å². The van der Waals surface area contributed by atoms with E-state index in [4.69, 9.17) is 11.6 Å². The van der Waals surface area contributed by atoms with Crippen LogP contribution in [0.15, 0.2) is 42.7 Å². The second-order valence-corrected chi connectivity index (χ2v) is 5.60. The Hall–Kier alpha value is -2.40. The molecule has 120 valence electrons. The molecule has 2 aromatic rings. The maximum absolute atomic E-state index is 12.2. The molecule has 0 saturated heterocycles. The lowest BCUT2D eigenvalue weighted by Crippen LogP contribution is -2.36. The van der Waals surface area contributed by atoms with Crippen LogP contribution in [-0.4, -0.2) is 28.2 Å². The molecule has 0 fully saturated rings. The zero-order valence-corrected chi connectivity index (χ0v) is 13.8. The van der Waals surface area contributed by atoms with Crippen molar-refractivity contribution in [3.63, 3.8) is 0 Å². The molecule has 6 heteroatoms. The molecular weight excluding hydrogens is 314 g/mol. The molecule has 2 rings (SSSR count). The maximum Gasteiger partial charge on any atom is 0.244 e. The number of carbonyl (C=O) groups is 2. The van der Waals surface area contributed by atoms with Crippen LogP contribution in [-0.2, 0) is 16.1 Å². The second-order valence-electron chi connectivity index (χ2n) is 5.20. The SMILES string of the molecule is CC(=O)N(CC(=O)Nc1cccc(Cl)c1C)Cc1cccnc1. The summed E-state index contributed by atoms with van der Waals surface area (Å²) in [5, 5.41) is 3.37. The monoisotopic (exact) mass is 331 g/mol. The van der Waals surface area contributed by atoms with Crippen LogP contribution in [0.1, 0.15) is 18.1 Å². The Kier molecular flexibility index (Phi) is 5.71.